The SMILES string of the molecule is CCCCCCCS(=O)(=O)c1ccc(NC(=O)c2cc(N3CCC4(CC3)CN(C(=O)OC(C)(C)C)C4)ccc2N(C)S(C)(=O)=O)cc1. The van der Waals surface area contributed by atoms with Gasteiger partial charge >= 0.3 is 6.09 Å². The van der Waals surface area contributed by atoms with Gasteiger partial charge < -0.3 is 19.9 Å². The molecular formula is C34H50N4O7S2. The zero-order valence-electron chi connectivity index (χ0n) is 28.5. The summed E-state index contributed by atoms with van der Waals surface area (Å²) in [5.74, 6) is -0.430. The van der Waals surface area contributed by atoms with Crippen molar-refractivity contribution < 1.29 is 31.2 Å². The summed E-state index contributed by atoms with van der Waals surface area (Å²) in [6.45, 7) is 10.4. The predicted molar refractivity (Wildman–Crippen MR) is 187 cm³/mol. The average molecular weight is 691 g/mol. The van der Waals surface area contributed by atoms with E-state index in [2.05, 4.69) is 17.1 Å². The van der Waals surface area contributed by atoms with Crippen LogP contribution in [0.3, 0.4) is 0 Å². The molecule has 2 aromatic carbocycles. The minimum absolute atomic E-state index is 0.0404. The van der Waals surface area contributed by atoms with E-state index in [0.29, 0.717) is 25.2 Å². The lowest BCUT2D eigenvalue weighted by Crippen LogP contribution is -2.62. The van der Waals surface area contributed by atoms with Gasteiger partial charge in [-0.25, -0.2) is 21.6 Å². The van der Waals surface area contributed by atoms with Crippen molar-refractivity contribution >= 4 is 48.9 Å². The number of carbonyl (C=O) groups is 2. The predicted octanol–water partition coefficient (Wildman–Crippen LogP) is 5.92. The first kappa shape index (κ1) is 36.5. The second-order valence-corrected chi connectivity index (χ2v) is 18.1. The summed E-state index contributed by atoms with van der Waals surface area (Å²) < 4.78 is 57.1. The molecule has 0 unspecified atom stereocenters. The molecule has 4 rings (SSSR count). The maximum Gasteiger partial charge on any atom is 0.410 e. The molecule has 0 bridgehead atoms. The number of anilines is 3. The Balaban J connectivity index is 1.45. The van der Waals surface area contributed by atoms with Gasteiger partial charge in [-0.05, 0) is 82.5 Å². The van der Waals surface area contributed by atoms with Crippen LogP contribution >= 0.6 is 0 Å². The minimum Gasteiger partial charge on any atom is -0.444 e. The number of unbranched alkanes of at least 4 members (excludes halogenated alkanes) is 4. The molecule has 2 aliphatic heterocycles. The highest BCUT2D eigenvalue weighted by atomic mass is 32.2. The van der Waals surface area contributed by atoms with E-state index in [1.54, 1.807) is 29.2 Å². The van der Waals surface area contributed by atoms with E-state index in [0.717, 1.165) is 67.9 Å². The molecule has 2 fully saturated rings. The Bertz CT molecular complexity index is 1640. The van der Waals surface area contributed by atoms with Gasteiger partial charge in [0.05, 0.1) is 28.2 Å². The van der Waals surface area contributed by atoms with Crippen LogP contribution in [0.5, 0.6) is 0 Å². The number of piperidine rings is 1. The van der Waals surface area contributed by atoms with Gasteiger partial charge in [-0.15, -0.1) is 0 Å². The third-order valence-corrected chi connectivity index (χ3v) is 12.0. The molecule has 2 aromatic rings. The fourth-order valence-electron chi connectivity index (χ4n) is 6.09. The molecule has 2 heterocycles. The molecule has 1 N–H and O–H groups in total. The highest BCUT2D eigenvalue weighted by Gasteiger charge is 2.48. The molecule has 13 heteroatoms. The smallest absolute Gasteiger partial charge is 0.410 e. The number of sulfonamides is 1. The summed E-state index contributed by atoms with van der Waals surface area (Å²) in [5, 5.41) is 2.82. The number of rotatable bonds is 12. The van der Waals surface area contributed by atoms with Gasteiger partial charge in [-0.3, -0.25) is 9.10 Å². The zero-order chi connectivity index (χ0) is 34.6. The molecule has 1 spiro atoms. The Morgan fingerprint density at radius 2 is 1.55 bits per heavy atom. The van der Waals surface area contributed by atoms with Crippen LogP contribution in [-0.4, -0.2) is 84.6 Å². The van der Waals surface area contributed by atoms with Gasteiger partial charge in [-0.2, -0.15) is 0 Å². The quantitative estimate of drug-likeness (QED) is 0.272. The van der Waals surface area contributed by atoms with Crippen LogP contribution in [0.25, 0.3) is 0 Å². The van der Waals surface area contributed by atoms with Crippen LogP contribution in [0, 0.1) is 5.41 Å². The Kier molecular flexibility index (Phi) is 11.2. The van der Waals surface area contributed by atoms with Crippen LogP contribution in [-0.2, 0) is 24.6 Å². The van der Waals surface area contributed by atoms with Crippen molar-refractivity contribution in [3.63, 3.8) is 0 Å². The van der Waals surface area contributed by atoms with Crippen molar-refractivity contribution in [3.05, 3.63) is 48.0 Å². The van der Waals surface area contributed by atoms with E-state index < -0.39 is 31.4 Å². The molecule has 2 amide bonds. The number of amides is 2. The second-order valence-electron chi connectivity index (χ2n) is 14.0. The number of hydrogen-bond donors (Lipinski definition) is 1. The first-order valence-electron chi connectivity index (χ1n) is 16.4. The number of hydrogen-bond acceptors (Lipinski definition) is 8. The van der Waals surface area contributed by atoms with Crippen molar-refractivity contribution in [3.8, 4) is 0 Å². The van der Waals surface area contributed by atoms with E-state index in [1.807, 2.05) is 26.8 Å². The first-order valence-corrected chi connectivity index (χ1v) is 19.9. The van der Waals surface area contributed by atoms with Crippen LogP contribution < -0.4 is 14.5 Å². The summed E-state index contributed by atoms with van der Waals surface area (Å²) in [4.78, 5) is 30.2. The largest absolute Gasteiger partial charge is 0.444 e. The number of benzene rings is 2. The molecule has 0 atom stereocenters. The minimum atomic E-state index is -3.66. The summed E-state index contributed by atoms with van der Waals surface area (Å²) in [6.07, 6.45) is 7.20. The van der Waals surface area contributed by atoms with E-state index in [9.17, 15) is 26.4 Å². The Labute approximate surface area is 280 Å². The molecule has 2 aliphatic rings. The Hall–Kier alpha value is -3.32. The number of nitrogens with one attached hydrogen (secondary N) is 1. The van der Waals surface area contributed by atoms with Crippen LogP contribution in [0.1, 0.15) is 83.0 Å². The molecule has 2 saturated heterocycles. The summed E-state index contributed by atoms with van der Waals surface area (Å²) in [7, 11) is -5.69. The van der Waals surface area contributed by atoms with E-state index in [-0.39, 0.29) is 33.4 Å². The van der Waals surface area contributed by atoms with Crippen LogP contribution in [0.4, 0.5) is 21.9 Å². The highest BCUT2D eigenvalue weighted by Crippen LogP contribution is 2.42. The lowest BCUT2D eigenvalue weighted by molar-refractivity contribution is -0.0434. The summed E-state index contributed by atoms with van der Waals surface area (Å²) >= 11 is 0. The van der Waals surface area contributed by atoms with Gasteiger partial charge in [0.15, 0.2) is 9.84 Å². The van der Waals surface area contributed by atoms with Crippen LogP contribution in [0.15, 0.2) is 47.4 Å². The van der Waals surface area contributed by atoms with E-state index in [1.165, 1.54) is 19.2 Å². The molecule has 0 aromatic heterocycles. The molecule has 0 radical (unpaired) electrons. The van der Waals surface area contributed by atoms with Crippen molar-refractivity contribution in [1.29, 1.82) is 0 Å². The van der Waals surface area contributed by atoms with Gasteiger partial charge in [0.2, 0.25) is 10.0 Å². The fourth-order valence-corrected chi connectivity index (χ4v) is 7.97. The van der Waals surface area contributed by atoms with Crippen molar-refractivity contribution in [2.45, 2.75) is 83.1 Å². The van der Waals surface area contributed by atoms with Crippen molar-refractivity contribution in [2.75, 3.05) is 59.8 Å². The van der Waals surface area contributed by atoms with E-state index >= 15 is 0 Å². The average Bonchev–Trinajstić information content (AvgIpc) is 2.98. The number of carbonyl (C=O) groups excluding carboxylic acids is 2. The van der Waals surface area contributed by atoms with Gasteiger partial charge in [0.1, 0.15) is 5.60 Å². The fraction of sp³-hybridized carbons (Fsp3) is 0.588. The Morgan fingerprint density at radius 3 is 2.13 bits per heavy atom. The number of ether oxygens (including phenoxy) is 1. The normalized spacial score (nSPS) is 16.5. The monoisotopic (exact) mass is 690 g/mol. The van der Waals surface area contributed by atoms with Crippen LogP contribution in [0.2, 0.25) is 0 Å². The summed E-state index contributed by atoms with van der Waals surface area (Å²) in [6, 6.07) is 11.2. The molecule has 0 saturated carbocycles. The third kappa shape index (κ3) is 9.40. The Morgan fingerprint density at radius 1 is 0.936 bits per heavy atom. The molecule has 0 aliphatic carbocycles. The molecule has 11 nitrogen and oxygen atoms in total. The van der Waals surface area contributed by atoms with Gasteiger partial charge in [-0.1, -0.05) is 32.6 Å². The first-order chi connectivity index (χ1) is 21.9. The number of likely N-dealkylation sites (tertiary alicyclic amines) is 1. The van der Waals surface area contributed by atoms with Gasteiger partial charge in [0, 0.05) is 50.0 Å². The maximum atomic E-state index is 13.6. The second kappa shape index (κ2) is 14.4. The molecule has 47 heavy (non-hydrogen) atoms. The zero-order valence-corrected chi connectivity index (χ0v) is 30.2. The standard InChI is InChI=1S/C34H50N4O7S2/c1-7-8-9-10-11-22-47(43,44)28-15-12-26(13-16-28)35-31(39)29-23-27(14-17-30(29)36(5)46(6,41)42)37-20-18-34(19-21-37)24-38(25-34)32(40)45-33(2,3)4/h12-17,23H,7-11,18-22,24-25H2,1-6H3,(H,35,39). The van der Waals surface area contributed by atoms with Crippen molar-refractivity contribution in [1.82, 2.24) is 4.90 Å². The van der Waals surface area contributed by atoms with Gasteiger partial charge in [0.25, 0.3) is 5.91 Å². The molecular weight excluding hydrogens is 641 g/mol. The third-order valence-electron chi connectivity index (χ3n) is 8.94. The highest BCUT2D eigenvalue weighted by molar-refractivity contribution is 7.92. The number of sulfone groups is 1. The topological polar surface area (TPSA) is 133 Å². The molecule has 260 valence electrons. The number of nitrogens with zero attached hydrogens (tertiary/aromatic N) is 3. The van der Waals surface area contributed by atoms with Crippen molar-refractivity contribution in [2.24, 2.45) is 5.41 Å². The lowest BCUT2D eigenvalue weighted by Gasteiger charge is -2.54. The van der Waals surface area contributed by atoms with E-state index in [4.69, 9.17) is 4.74 Å². The maximum absolute atomic E-state index is 13.6. The summed E-state index contributed by atoms with van der Waals surface area (Å²) in [5.41, 5.74) is 1.10. The lowest BCUT2D eigenvalue weighted by atomic mass is 9.72.